The molecule has 128 valence electrons. The zero-order chi connectivity index (χ0) is 18.1. The second-order valence-corrected chi connectivity index (χ2v) is 7.46. The van der Waals surface area contributed by atoms with Crippen molar-refractivity contribution in [1.82, 2.24) is 9.88 Å². The minimum absolute atomic E-state index is 0.114. The van der Waals surface area contributed by atoms with Crippen molar-refractivity contribution in [2.45, 2.75) is 0 Å². The summed E-state index contributed by atoms with van der Waals surface area (Å²) in [5.41, 5.74) is 2.49. The number of aromatic nitrogens is 1. The fourth-order valence-electron chi connectivity index (χ4n) is 2.49. The van der Waals surface area contributed by atoms with Gasteiger partial charge in [0.05, 0.1) is 5.56 Å². The molecule has 0 aliphatic heterocycles. The predicted octanol–water partition coefficient (Wildman–Crippen LogP) is 4.65. The van der Waals surface area contributed by atoms with Crippen molar-refractivity contribution < 1.29 is 9.59 Å². The maximum Gasteiger partial charge on any atom is 0.257 e. The molecule has 0 unspecified atom stereocenters. The van der Waals surface area contributed by atoms with E-state index in [2.05, 4.69) is 42.2 Å². The van der Waals surface area contributed by atoms with Gasteiger partial charge in [-0.2, -0.15) is 0 Å². The van der Waals surface area contributed by atoms with E-state index < -0.39 is 0 Å². The number of hydrogen-bond acceptors (Lipinski definition) is 2. The average Bonchev–Trinajstić information content (AvgIpc) is 2.97. The van der Waals surface area contributed by atoms with Crippen molar-refractivity contribution in [3.05, 3.63) is 62.7 Å². The summed E-state index contributed by atoms with van der Waals surface area (Å²) in [4.78, 5) is 29.3. The fraction of sp³-hybridized carbons (Fsp3) is 0.111. The van der Waals surface area contributed by atoms with Gasteiger partial charge in [-0.15, -0.1) is 0 Å². The Kier molecular flexibility index (Phi) is 4.96. The van der Waals surface area contributed by atoms with Crippen LogP contribution in [0.1, 0.15) is 20.7 Å². The van der Waals surface area contributed by atoms with Crippen LogP contribution in [0.15, 0.2) is 51.5 Å². The largest absolute Gasteiger partial charge is 0.360 e. The van der Waals surface area contributed by atoms with E-state index >= 15 is 0 Å². The summed E-state index contributed by atoms with van der Waals surface area (Å²) in [7, 11) is 3.38. The number of carbonyl (C=O) groups is 2. The first-order chi connectivity index (χ1) is 11.9. The molecular formula is C18H15Br2N3O2. The van der Waals surface area contributed by atoms with Gasteiger partial charge in [0.25, 0.3) is 11.8 Å². The zero-order valence-corrected chi connectivity index (χ0v) is 16.7. The highest BCUT2D eigenvalue weighted by Crippen LogP contribution is 2.30. The number of nitrogens with zero attached hydrogens (tertiary/aromatic N) is 1. The van der Waals surface area contributed by atoms with Crippen LogP contribution in [0.5, 0.6) is 0 Å². The first-order valence-corrected chi connectivity index (χ1v) is 9.04. The highest BCUT2D eigenvalue weighted by atomic mass is 79.9. The first-order valence-electron chi connectivity index (χ1n) is 7.46. The van der Waals surface area contributed by atoms with Gasteiger partial charge in [-0.1, -0.05) is 6.07 Å². The molecule has 7 heteroatoms. The topological polar surface area (TPSA) is 65.2 Å². The quantitative estimate of drug-likeness (QED) is 0.592. The maximum atomic E-state index is 12.6. The van der Waals surface area contributed by atoms with Crippen molar-refractivity contribution in [1.29, 1.82) is 0 Å². The van der Waals surface area contributed by atoms with E-state index in [-0.39, 0.29) is 11.8 Å². The van der Waals surface area contributed by atoms with Gasteiger partial charge in [0.1, 0.15) is 0 Å². The van der Waals surface area contributed by atoms with E-state index in [4.69, 9.17) is 0 Å². The molecule has 0 bridgehead atoms. The molecule has 1 aromatic heterocycles. The second kappa shape index (κ2) is 7.01. The number of rotatable bonds is 3. The first kappa shape index (κ1) is 17.7. The third-order valence-electron chi connectivity index (χ3n) is 3.74. The van der Waals surface area contributed by atoms with Crippen LogP contribution in [-0.2, 0) is 0 Å². The van der Waals surface area contributed by atoms with Gasteiger partial charge in [-0.3, -0.25) is 9.59 Å². The molecule has 0 aliphatic carbocycles. The SMILES string of the molecule is CN(C)C(=O)c1cccc(NC(=O)c2c[nH]c3cc(Br)c(Br)cc23)c1. The summed E-state index contributed by atoms with van der Waals surface area (Å²) >= 11 is 6.90. The molecule has 0 aliphatic rings. The zero-order valence-electron chi connectivity index (χ0n) is 13.6. The molecule has 0 atom stereocenters. The number of aromatic amines is 1. The Morgan fingerprint density at radius 3 is 2.52 bits per heavy atom. The van der Waals surface area contributed by atoms with E-state index in [0.717, 1.165) is 19.8 Å². The van der Waals surface area contributed by atoms with Gasteiger partial charge in [0, 0.05) is 51.4 Å². The number of benzene rings is 2. The van der Waals surface area contributed by atoms with Crippen LogP contribution < -0.4 is 5.32 Å². The Bertz CT molecular complexity index is 980. The Hall–Kier alpha value is -2.12. The van der Waals surface area contributed by atoms with E-state index in [0.29, 0.717) is 16.8 Å². The van der Waals surface area contributed by atoms with E-state index in [1.807, 2.05) is 12.1 Å². The summed E-state index contributed by atoms with van der Waals surface area (Å²) in [6.07, 6.45) is 1.67. The summed E-state index contributed by atoms with van der Waals surface area (Å²) < 4.78 is 1.77. The number of anilines is 1. The monoisotopic (exact) mass is 463 g/mol. The van der Waals surface area contributed by atoms with Crippen LogP contribution in [0.2, 0.25) is 0 Å². The molecule has 3 aromatic rings. The number of hydrogen-bond donors (Lipinski definition) is 2. The molecule has 2 N–H and O–H groups in total. The molecular weight excluding hydrogens is 450 g/mol. The molecule has 0 radical (unpaired) electrons. The van der Waals surface area contributed by atoms with Crippen molar-refractivity contribution in [3.63, 3.8) is 0 Å². The smallest absolute Gasteiger partial charge is 0.257 e. The maximum absolute atomic E-state index is 12.6. The molecule has 25 heavy (non-hydrogen) atoms. The van der Waals surface area contributed by atoms with Crippen LogP contribution in [0.4, 0.5) is 5.69 Å². The van der Waals surface area contributed by atoms with Gasteiger partial charge in [-0.05, 0) is 62.2 Å². The number of carbonyl (C=O) groups excluding carboxylic acids is 2. The van der Waals surface area contributed by atoms with Gasteiger partial charge >= 0.3 is 0 Å². The van der Waals surface area contributed by atoms with Crippen LogP contribution in [0.25, 0.3) is 10.9 Å². The molecule has 0 saturated heterocycles. The number of halogens is 2. The van der Waals surface area contributed by atoms with Crippen LogP contribution in [0.3, 0.4) is 0 Å². The van der Waals surface area contributed by atoms with Crippen molar-refractivity contribution in [2.75, 3.05) is 19.4 Å². The minimum Gasteiger partial charge on any atom is -0.360 e. The van der Waals surface area contributed by atoms with Gasteiger partial charge in [0.15, 0.2) is 0 Å². The second-order valence-electron chi connectivity index (χ2n) is 5.75. The predicted molar refractivity (Wildman–Crippen MR) is 106 cm³/mol. The molecule has 0 spiro atoms. The lowest BCUT2D eigenvalue weighted by Crippen LogP contribution is -2.21. The van der Waals surface area contributed by atoms with Crippen molar-refractivity contribution in [3.8, 4) is 0 Å². The number of nitrogens with one attached hydrogen (secondary N) is 2. The Labute approximate surface area is 161 Å². The van der Waals surface area contributed by atoms with Crippen LogP contribution in [-0.4, -0.2) is 35.8 Å². The van der Waals surface area contributed by atoms with Gasteiger partial charge < -0.3 is 15.2 Å². The Balaban J connectivity index is 1.89. The summed E-state index contributed by atoms with van der Waals surface area (Å²) in [5.74, 6) is -0.355. The molecule has 2 aromatic carbocycles. The van der Waals surface area contributed by atoms with Gasteiger partial charge in [-0.25, -0.2) is 0 Å². The van der Waals surface area contributed by atoms with Crippen molar-refractivity contribution >= 4 is 60.3 Å². The summed E-state index contributed by atoms with van der Waals surface area (Å²) in [6, 6.07) is 10.7. The molecule has 0 saturated carbocycles. The highest BCUT2D eigenvalue weighted by Gasteiger charge is 2.15. The Morgan fingerprint density at radius 2 is 1.80 bits per heavy atom. The normalized spacial score (nSPS) is 10.7. The molecule has 1 heterocycles. The molecule has 0 fully saturated rings. The van der Waals surface area contributed by atoms with Crippen LogP contribution >= 0.6 is 31.9 Å². The number of amides is 2. The molecule has 3 rings (SSSR count). The van der Waals surface area contributed by atoms with Crippen molar-refractivity contribution in [2.24, 2.45) is 0 Å². The summed E-state index contributed by atoms with van der Waals surface area (Å²) in [5, 5.41) is 3.66. The van der Waals surface area contributed by atoms with Gasteiger partial charge in [0.2, 0.25) is 0 Å². The third kappa shape index (κ3) is 3.62. The van der Waals surface area contributed by atoms with Crippen LogP contribution in [0, 0.1) is 0 Å². The fourth-order valence-corrected chi connectivity index (χ4v) is 3.18. The minimum atomic E-state index is -0.241. The lowest BCUT2D eigenvalue weighted by Gasteiger charge is -2.11. The molecule has 2 amide bonds. The lowest BCUT2D eigenvalue weighted by atomic mass is 10.1. The number of H-pyrrole nitrogens is 1. The molecule has 5 nitrogen and oxygen atoms in total. The van der Waals surface area contributed by atoms with E-state index in [1.54, 1.807) is 44.6 Å². The lowest BCUT2D eigenvalue weighted by molar-refractivity contribution is 0.0827. The van der Waals surface area contributed by atoms with E-state index in [1.165, 1.54) is 4.90 Å². The number of fused-ring (bicyclic) bond motifs is 1. The summed E-state index contributed by atoms with van der Waals surface area (Å²) in [6.45, 7) is 0. The Morgan fingerprint density at radius 1 is 1.08 bits per heavy atom. The standard InChI is InChI=1S/C18H15Br2N3O2/c1-23(2)18(25)10-4-3-5-11(6-10)22-17(24)13-9-21-16-8-15(20)14(19)7-12(13)16/h3-9,21H,1-2H3,(H,22,24). The third-order valence-corrected chi connectivity index (χ3v) is 5.59. The average molecular weight is 465 g/mol. The highest BCUT2D eigenvalue weighted by molar-refractivity contribution is 9.13. The van der Waals surface area contributed by atoms with E-state index in [9.17, 15) is 9.59 Å².